The van der Waals surface area contributed by atoms with Gasteiger partial charge in [-0.1, -0.05) is 12.1 Å². The molecule has 3 rings (SSSR count). The van der Waals surface area contributed by atoms with E-state index in [9.17, 15) is 4.79 Å². The van der Waals surface area contributed by atoms with E-state index in [0.29, 0.717) is 18.7 Å². The molecule has 1 aromatic carbocycles. The first-order valence-corrected chi connectivity index (χ1v) is 7.37. The molecule has 114 valence electrons. The molecular formula is C16H15Cl2N3O. The van der Waals surface area contributed by atoms with Crippen LogP contribution in [0.25, 0.3) is 22.4 Å². The van der Waals surface area contributed by atoms with E-state index in [4.69, 9.17) is 11.6 Å². The largest absolute Gasteiger partial charge is 1.00 e. The van der Waals surface area contributed by atoms with E-state index in [0.717, 1.165) is 22.4 Å². The van der Waals surface area contributed by atoms with Crippen LogP contribution < -0.4 is 17.0 Å². The molecule has 0 saturated heterocycles. The molecular weight excluding hydrogens is 321 g/mol. The van der Waals surface area contributed by atoms with Gasteiger partial charge in [-0.2, -0.15) is 0 Å². The summed E-state index contributed by atoms with van der Waals surface area (Å²) in [4.78, 5) is 19.7. The van der Waals surface area contributed by atoms with Gasteiger partial charge >= 0.3 is 5.91 Å². The van der Waals surface area contributed by atoms with Crippen LogP contribution in [-0.4, -0.2) is 21.8 Å². The zero-order valence-electron chi connectivity index (χ0n) is 11.8. The molecule has 0 amide bonds. The van der Waals surface area contributed by atoms with E-state index in [1.54, 1.807) is 17.0 Å². The highest BCUT2D eigenvalue weighted by molar-refractivity contribution is 6.17. The molecule has 0 unspecified atom stereocenters. The number of fused-ring (bicyclic) bond motifs is 1. The fourth-order valence-electron chi connectivity index (χ4n) is 2.19. The predicted octanol–water partition coefficient (Wildman–Crippen LogP) is 0.181. The van der Waals surface area contributed by atoms with Crippen molar-refractivity contribution < 1.29 is 21.8 Å². The third kappa shape index (κ3) is 3.46. The Morgan fingerprint density at radius 3 is 2.59 bits per heavy atom. The number of H-pyrrole nitrogens is 1. The Morgan fingerprint density at radius 1 is 1.18 bits per heavy atom. The van der Waals surface area contributed by atoms with Gasteiger partial charge in [-0.05, 0) is 18.6 Å². The number of pyridine rings is 1. The minimum atomic E-state index is 0. The number of benzene rings is 1. The highest BCUT2D eigenvalue weighted by Crippen LogP contribution is 2.18. The number of nitrogens with one attached hydrogen (secondary N) is 1. The lowest BCUT2D eigenvalue weighted by molar-refractivity contribution is -0.574. The van der Waals surface area contributed by atoms with Crippen LogP contribution in [-0.2, 0) is 0 Å². The van der Waals surface area contributed by atoms with Crippen molar-refractivity contribution in [1.29, 1.82) is 0 Å². The number of imidazole rings is 1. The van der Waals surface area contributed by atoms with Gasteiger partial charge in [0.2, 0.25) is 0 Å². The van der Waals surface area contributed by atoms with E-state index in [1.165, 1.54) is 0 Å². The lowest BCUT2D eigenvalue weighted by Gasteiger charge is -1.96. The van der Waals surface area contributed by atoms with E-state index >= 15 is 0 Å². The number of para-hydroxylation sites is 2. The third-order valence-electron chi connectivity index (χ3n) is 3.30. The van der Waals surface area contributed by atoms with Gasteiger partial charge in [0.15, 0.2) is 12.4 Å². The Balaban J connectivity index is 0.00000176. The van der Waals surface area contributed by atoms with Gasteiger partial charge < -0.3 is 17.4 Å². The molecule has 1 N–H and O–H groups in total. The molecule has 2 heterocycles. The highest BCUT2D eigenvalue weighted by Gasteiger charge is 2.14. The number of aromatic nitrogens is 3. The average molecular weight is 336 g/mol. The van der Waals surface area contributed by atoms with Crippen molar-refractivity contribution in [2.24, 2.45) is 0 Å². The summed E-state index contributed by atoms with van der Waals surface area (Å²) in [6.07, 6.45) is 4.68. The summed E-state index contributed by atoms with van der Waals surface area (Å²) in [5.74, 6) is 1.35. The maximum absolute atomic E-state index is 11.9. The number of hydrogen-bond donors (Lipinski definition) is 1. The van der Waals surface area contributed by atoms with Gasteiger partial charge in [0, 0.05) is 23.6 Å². The Labute approximate surface area is 139 Å². The molecule has 4 nitrogen and oxygen atoms in total. The van der Waals surface area contributed by atoms with Crippen LogP contribution >= 0.6 is 11.6 Å². The summed E-state index contributed by atoms with van der Waals surface area (Å²) in [7, 11) is 0. The number of rotatable bonds is 4. The second kappa shape index (κ2) is 7.38. The number of aromatic amines is 1. The lowest BCUT2D eigenvalue weighted by Crippen LogP contribution is -3.00. The van der Waals surface area contributed by atoms with Crippen molar-refractivity contribution in [1.82, 2.24) is 9.97 Å². The van der Waals surface area contributed by atoms with E-state index in [1.807, 2.05) is 36.4 Å². The summed E-state index contributed by atoms with van der Waals surface area (Å²) in [5, 5.41) is 0. The minimum Gasteiger partial charge on any atom is -1.00 e. The minimum absolute atomic E-state index is 0. The number of carbonyl (C=O) groups is 1. The first kappa shape index (κ1) is 16.5. The summed E-state index contributed by atoms with van der Waals surface area (Å²) in [5.41, 5.74) is 2.89. The molecule has 0 atom stereocenters. The molecule has 0 radical (unpaired) electrons. The molecule has 0 spiro atoms. The molecule has 0 aliphatic heterocycles. The summed E-state index contributed by atoms with van der Waals surface area (Å²) >= 11 is 5.60. The van der Waals surface area contributed by atoms with Crippen LogP contribution in [0, 0.1) is 0 Å². The van der Waals surface area contributed by atoms with Crippen LogP contribution in [0.2, 0.25) is 0 Å². The highest BCUT2D eigenvalue weighted by atomic mass is 35.5. The van der Waals surface area contributed by atoms with Gasteiger partial charge in [0.1, 0.15) is 5.82 Å². The van der Waals surface area contributed by atoms with Crippen LogP contribution in [0.4, 0.5) is 0 Å². The number of halogens is 2. The van der Waals surface area contributed by atoms with Crippen LogP contribution in [0.5, 0.6) is 0 Å². The molecule has 2 aromatic heterocycles. The van der Waals surface area contributed by atoms with Crippen molar-refractivity contribution in [3.63, 3.8) is 0 Å². The fraction of sp³-hybridized carbons (Fsp3) is 0.188. The third-order valence-corrected chi connectivity index (χ3v) is 3.57. The smallest absolute Gasteiger partial charge is 0.392 e. The van der Waals surface area contributed by atoms with Crippen molar-refractivity contribution >= 4 is 28.5 Å². The second-order valence-corrected chi connectivity index (χ2v) is 5.16. The maximum atomic E-state index is 11.9. The first-order valence-electron chi connectivity index (χ1n) is 6.83. The van der Waals surface area contributed by atoms with Gasteiger partial charge in [0.05, 0.1) is 17.5 Å². The lowest BCUT2D eigenvalue weighted by atomic mass is 10.2. The van der Waals surface area contributed by atoms with Gasteiger partial charge in [-0.3, -0.25) is 0 Å². The Kier molecular flexibility index (Phi) is 5.52. The Bertz CT molecular complexity index is 735. The molecule has 6 heteroatoms. The summed E-state index contributed by atoms with van der Waals surface area (Å²) < 4.78 is 1.58. The van der Waals surface area contributed by atoms with Crippen LogP contribution in [0.1, 0.15) is 17.6 Å². The standard InChI is InChI=1S/C16H14ClN3O.ClH/c17-9-3-6-15(21)20-10-7-12(8-11-20)16-18-13-4-1-2-5-14(13)19-16;/h1-2,4-5,7-8,10-11H,3,6,9H2;1H. The molecule has 0 fully saturated rings. The van der Waals surface area contributed by atoms with Crippen molar-refractivity contribution in [2.75, 3.05) is 5.88 Å². The average Bonchev–Trinajstić information content (AvgIpc) is 2.96. The van der Waals surface area contributed by atoms with E-state index in [2.05, 4.69) is 9.97 Å². The molecule has 22 heavy (non-hydrogen) atoms. The molecule has 3 aromatic rings. The number of nitrogens with zero attached hydrogens (tertiary/aromatic N) is 2. The SMILES string of the molecule is O=C(CCCCl)[n+]1ccc(-c2nc3ccccc3[nH]2)cc1.[Cl-]. The maximum Gasteiger partial charge on any atom is 0.392 e. The second-order valence-electron chi connectivity index (χ2n) is 4.78. The Morgan fingerprint density at radius 2 is 1.91 bits per heavy atom. The molecule has 0 saturated carbocycles. The van der Waals surface area contributed by atoms with Gasteiger partial charge in [-0.25, -0.2) is 9.78 Å². The first-order chi connectivity index (χ1) is 10.3. The van der Waals surface area contributed by atoms with Crippen molar-refractivity contribution in [3.8, 4) is 11.4 Å². The van der Waals surface area contributed by atoms with Gasteiger partial charge in [0.25, 0.3) is 0 Å². The van der Waals surface area contributed by atoms with Crippen LogP contribution in [0.3, 0.4) is 0 Å². The fourth-order valence-corrected chi connectivity index (χ4v) is 2.32. The Hall–Kier alpha value is -1.91. The predicted molar refractivity (Wildman–Crippen MR) is 82.3 cm³/mol. The van der Waals surface area contributed by atoms with Crippen LogP contribution in [0.15, 0.2) is 48.8 Å². The van der Waals surface area contributed by atoms with Crippen molar-refractivity contribution in [3.05, 3.63) is 48.8 Å². The van der Waals surface area contributed by atoms with E-state index in [-0.39, 0.29) is 18.3 Å². The number of hydrogen-bond acceptors (Lipinski definition) is 2. The number of carbonyl (C=O) groups excluding carboxylic acids is 1. The molecule has 0 aliphatic rings. The summed E-state index contributed by atoms with van der Waals surface area (Å²) in [6.45, 7) is 0. The molecule has 0 bridgehead atoms. The normalized spacial score (nSPS) is 10.4. The molecule has 0 aliphatic carbocycles. The van der Waals surface area contributed by atoms with Gasteiger partial charge in [-0.15, -0.1) is 16.2 Å². The zero-order valence-corrected chi connectivity index (χ0v) is 13.3. The van der Waals surface area contributed by atoms with E-state index < -0.39 is 0 Å². The topological polar surface area (TPSA) is 49.6 Å². The zero-order chi connectivity index (χ0) is 14.7. The number of alkyl halides is 1. The quantitative estimate of drug-likeness (QED) is 0.546. The summed E-state index contributed by atoms with van der Waals surface area (Å²) in [6, 6.07) is 11.7. The monoisotopic (exact) mass is 335 g/mol. The van der Waals surface area contributed by atoms with Crippen molar-refractivity contribution in [2.45, 2.75) is 12.8 Å².